The molecule has 0 aliphatic rings. The number of nitrogens with one attached hydrogen (secondary N) is 2. The van der Waals surface area contributed by atoms with Crippen molar-refractivity contribution in [2.45, 2.75) is 19.4 Å². The number of hydrazone groups is 1. The van der Waals surface area contributed by atoms with Crippen LogP contribution in [-0.2, 0) is 4.79 Å². The first-order valence-electron chi connectivity index (χ1n) is 11.5. The lowest BCUT2D eigenvalue weighted by Gasteiger charge is -2.18. The molecule has 35 heavy (non-hydrogen) atoms. The molecule has 4 aromatic carbocycles. The molecular weight excluding hydrogens is 438 g/mol. The average molecular weight is 466 g/mol. The van der Waals surface area contributed by atoms with Crippen molar-refractivity contribution in [2.75, 3.05) is 6.61 Å². The minimum atomic E-state index is -0.504. The van der Waals surface area contributed by atoms with Gasteiger partial charge in [-0.15, -0.1) is 0 Å². The van der Waals surface area contributed by atoms with E-state index in [1.807, 2.05) is 79.7 Å². The van der Waals surface area contributed by atoms with Crippen molar-refractivity contribution in [3.63, 3.8) is 0 Å². The van der Waals surface area contributed by atoms with E-state index in [1.54, 1.807) is 30.5 Å². The van der Waals surface area contributed by atoms with Crippen molar-refractivity contribution in [3.05, 3.63) is 114 Å². The van der Waals surface area contributed by atoms with Gasteiger partial charge in [-0.25, -0.2) is 5.43 Å². The summed E-state index contributed by atoms with van der Waals surface area (Å²) < 4.78 is 5.76. The van der Waals surface area contributed by atoms with E-state index < -0.39 is 6.04 Å². The quantitative estimate of drug-likeness (QED) is 0.262. The first-order valence-corrected chi connectivity index (χ1v) is 11.5. The molecule has 0 heterocycles. The fourth-order valence-corrected chi connectivity index (χ4v) is 3.86. The van der Waals surface area contributed by atoms with Gasteiger partial charge in [-0.1, -0.05) is 78.9 Å². The molecular formula is C29H27N3O3. The predicted octanol–water partition coefficient (Wildman–Crippen LogP) is 5.25. The molecule has 0 bridgehead atoms. The Kier molecular flexibility index (Phi) is 7.86. The molecule has 0 spiro atoms. The molecule has 0 fully saturated rings. The van der Waals surface area contributed by atoms with Crippen LogP contribution >= 0.6 is 0 Å². The van der Waals surface area contributed by atoms with Crippen LogP contribution in [0.2, 0.25) is 0 Å². The second kappa shape index (κ2) is 11.6. The first kappa shape index (κ1) is 23.7. The second-order valence-electron chi connectivity index (χ2n) is 7.93. The monoisotopic (exact) mass is 465 g/mol. The highest BCUT2D eigenvalue weighted by atomic mass is 16.5. The van der Waals surface area contributed by atoms with Crippen LogP contribution in [0.4, 0.5) is 0 Å². The molecule has 0 saturated heterocycles. The summed E-state index contributed by atoms with van der Waals surface area (Å²) in [6, 6.07) is 29.7. The molecule has 176 valence electrons. The van der Waals surface area contributed by atoms with Crippen molar-refractivity contribution in [3.8, 4) is 5.75 Å². The van der Waals surface area contributed by atoms with E-state index in [4.69, 9.17) is 4.74 Å². The van der Waals surface area contributed by atoms with E-state index >= 15 is 0 Å². The Morgan fingerprint density at radius 3 is 2.31 bits per heavy atom. The number of nitrogens with zero attached hydrogens (tertiary/aromatic N) is 1. The Morgan fingerprint density at radius 2 is 1.57 bits per heavy atom. The van der Waals surface area contributed by atoms with Crippen molar-refractivity contribution in [1.82, 2.24) is 10.7 Å². The van der Waals surface area contributed by atoms with Crippen LogP contribution in [0, 0.1) is 0 Å². The van der Waals surface area contributed by atoms with Crippen LogP contribution in [-0.4, -0.2) is 24.6 Å². The summed E-state index contributed by atoms with van der Waals surface area (Å²) in [4.78, 5) is 25.5. The maximum absolute atomic E-state index is 12.8. The third-order valence-corrected chi connectivity index (χ3v) is 5.55. The van der Waals surface area contributed by atoms with E-state index in [2.05, 4.69) is 15.8 Å². The molecule has 0 saturated carbocycles. The number of rotatable bonds is 9. The van der Waals surface area contributed by atoms with Gasteiger partial charge in [0.05, 0.1) is 25.3 Å². The van der Waals surface area contributed by atoms with Crippen molar-refractivity contribution < 1.29 is 14.3 Å². The Hall–Kier alpha value is -4.45. The number of hydrogen-bond acceptors (Lipinski definition) is 4. The Labute approximate surface area is 204 Å². The molecule has 2 amide bonds. The maximum Gasteiger partial charge on any atom is 0.251 e. The van der Waals surface area contributed by atoms with Gasteiger partial charge < -0.3 is 10.1 Å². The Bertz CT molecular complexity index is 1320. The van der Waals surface area contributed by atoms with Gasteiger partial charge in [0, 0.05) is 11.1 Å². The van der Waals surface area contributed by atoms with Crippen LogP contribution in [0.5, 0.6) is 5.75 Å². The van der Waals surface area contributed by atoms with E-state index in [9.17, 15) is 9.59 Å². The van der Waals surface area contributed by atoms with Crippen LogP contribution < -0.4 is 15.5 Å². The standard InChI is InChI=1S/C29H27N3O3/c1-2-35-27-18-17-21-11-9-10-16-24(21)25(27)20-30-32-28(33)19-26(22-12-5-3-6-13-22)31-29(34)23-14-7-4-8-15-23/h3-18,20,26H,2,19H2,1H3,(H,31,34)(H,32,33)/b30-20-/t26-/m1/s1. The summed E-state index contributed by atoms with van der Waals surface area (Å²) in [5.74, 6) is 0.135. The highest BCUT2D eigenvalue weighted by Crippen LogP contribution is 2.26. The van der Waals surface area contributed by atoms with E-state index in [1.165, 1.54) is 0 Å². The number of carbonyl (C=O) groups excluding carboxylic acids is 2. The molecule has 4 rings (SSSR count). The third kappa shape index (κ3) is 6.12. The van der Waals surface area contributed by atoms with Gasteiger partial charge >= 0.3 is 0 Å². The Morgan fingerprint density at radius 1 is 0.886 bits per heavy atom. The number of hydrogen-bond donors (Lipinski definition) is 2. The molecule has 0 aliphatic carbocycles. The first-order chi connectivity index (χ1) is 17.2. The molecule has 6 heteroatoms. The molecule has 0 aliphatic heterocycles. The van der Waals surface area contributed by atoms with E-state index in [-0.39, 0.29) is 18.2 Å². The predicted molar refractivity (Wildman–Crippen MR) is 139 cm³/mol. The lowest BCUT2D eigenvalue weighted by molar-refractivity contribution is -0.121. The zero-order valence-corrected chi connectivity index (χ0v) is 19.5. The largest absolute Gasteiger partial charge is 0.493 e. The number of benzene rings is 4. The van der Waals surface area contributed by atoms with Gasteiger partial charge in [-0.05, 0) is 41.5 Å². The normalized spacial score (nSPS) is 11.8. The van der Waals surface area contributed by atoms with Crippen LogP contribution in [0.3, 0.4) is 0 Å². The molecule has 6 nitrogen and oxygen atoms in total. The minimum absolute atomic E-state index is 0.0355. The number of amides is 2. The van der Waals surface area contributed by atoms with Crippen molar-refractivity contribution in [2.24, 2.45) is 5.10 Å². The van der Waals surface area contributed by atoms with Gasteiger partial charge in [0.25, 0.3) is 5.91 Å². The fourth-order valence-electron chi connectivity index (χ4n) is 3.86. The summed E-state index contributed by atoms with van der Waals surface area (Å²) in [5.41, 5.74) is 4.77. The SMILES string of the molecule is CCOc1ccc2ccccc2c1/C=N\NC(=O)C[C@@H](NC(=O)c1ccccc1)c1ccccc1. The zero-order valence-electron chi connectivity index (χ0n) is 19.5. The fraction of sp³-hybridized carbons (Fsp3) is 0.138. The van der Waals surface area contributed by atoms with Gasteiger partial charge in [0.1, 0.15) is 5.75 Å². The van der Waals surface area contributed by atoms with Crippen molar-refractivity contribution in [1.29, 1.82) is 0 Å². The number of ether oxygens (including phenoxy) is 1. The third-order valence-electron chi connectivity index (χ3n) is 5.55. The van der Waals surface area contributed by atoms with Gasteiger partial charge in [0.15, 0.2) is 0 Å². The lowest BCUT2D eigenvalue weighted by atomic mass is 10.0. The lowest BCUT2D eigenvalue weighted by Crippen LogP contribution is -2.32. The number of carbonyl (C=O) groups is 2. The number of fused-ring (bicyclic) bond motifs is 1. The summed E-state index contributed by atoms with van der Waals surface area (Å²) in [5, 5.41) is 9.20. The molecule has 1 atom stereocenters. The molecule has 4 aromatic rings. The highest BCUT2D eigenvalue weighted by Gasteiger charge is 2.19. The van der Waals surface area contributed by atoms with Crippen LogP contribution in [0.1, 0.15) is 40.9 Å². The van der Waals surface area contributed by atoms with Gasteiger partial charge in [-0.3, -0.25) is 9.59 Å². The molecule has 0 radical (unpaired) electrons. The average Bonchev–Trinajstić information content (AvgIpc) is 2.90. The summed E-state index contributed by atoms with van der Waals surface area (Å²) in [6.45, 7) is 2.44. The second-order valence-corrected chi connectivity index (χ2v) is 7.93. The summed E-state index contributed by atoms with van der Waals surface area (Å²) in [6.07, 6.45) is 1.64. The minimum Gasteiger partial charge on any atom is -0.493 e. The zero-order chi connectivity index (χ0) is 24.5. The van der Waals surface area contributed by atoms with Crippen LogP contribution in [0.25, 0.3) is 10.8 Å². The molecule has 0 aromatic heterocycles. The van der Waals surface area contributed by atoms with Crippen LogP contribution in [0.15, 0.2) is 102 Å². The van der Waals surface area contributed by atoms with E-state index in [0.29, 0.717) is 17.9 Å². The summed E-state index contributed by atoms with van der Waals surface area (Å²) >= 11 is 0. The highest BCUT2D eigenvalue weighted by molar-refractivity contribution is 6.02. The smallest absolute Gasteiger partial charge is 0.251 e. The van der Waals surface area contributed by atoms with Gasteiger partial charge in [0.2, 0.25) is 5.91 Å². The summed E-state index contributed by atoms with van der Waals surface area (Å²) in [7, 11) is 0. The molecule has 0 unspecified atom stereocenters. The molecule has 2 N–H and O–H groups in total. The van der Waals surface area contributed by atoms with Gasteiger partial charge in [-0.2, -0.15) is 5.10 Å². The topological polar surface area (TPSA) is 79.8 Å². The van der Waals surface area contributed by atoms with Crippen molar-refractivity contribution >= 4 is 28.8 Å². The maximum atomic E-state index is 12.8. The van der Waals surface area contributed by atoms with E-state index in [0.717, 1.165) is 21.9 Å². The Balaban J connectivity index is 1.49.